The van der Waals surface area contributed by atoms with Crippen LogP contribution in [0.5, 0.6) is 0 Å². The predicted octanol–water partition coefficient (Wildman–Crippen LogP) is 4.13. The normalized spacial score (nSPS) is 19.9. The van der Waals surface area contributed by atoms with Crippen molar-refractivity contribution in [3.8, 4) is 0 Å². The molecule has 1 fully saturated rings. The lowest BCUT2D eigenvalue weighted by Gasteiger charge is -2.19. The van der Waals surface area contributed by atoms with Gasteiger partial charge in [-0.2, -0.15) is 0 Å². The van der Waals surface area contributed by atoms with Crippen LogP contribution in [-0.4, -0.2) is 0 Å². The molecule has 1 aromatic rings. The van der Waals surface area contributed by atoms with Crippen LogP contribution in [0.1, 0.15) is 55.8 Å². The second kappa shape index (κ2) is 6.15. The summed E-state index contributed by atoms with van der Waals surface area (Å²) in [5, 5.41) is 0. The average Bonchev–Trinajstić information content (AvgIpc) is 2.67. The molecule has 1 saturated carbocycles. The number of rotatable bonds is 3. The highest BCUT2D eigenvalue weighted by atomic mass is 19.1. The summed E-state index contributed by atoms with van der Waals surface area (Å²) in [5.74, 6) is 0.213. The van der Waals surface area contributed by atoms with Crippen molar-refractivity contribution in [3.05, 3.63) is 35.4 Å². The van der Waals surface area contributed by atoms with Gasteiger partial charge in [-0.15, -0.1) is 0 Å². The van der Waals surface area contributed by atoms with E-state index in [1.54, 1.807) is 0 Å². The molecule has 2 N–H and O–H groups in total. The van der Waals surface area contributed by atoms with Gasteiger partial charge in [0.1, 0.15) is 6.17 Å². The van der Waals surface area contributed by atoms with Crippen molar-refractivity contribution in [1.82, 2.24) is 0 Å². The summed E-state index contributed by atoms with van der Waals surface area (Å²) in [6.45, 7) is 0.491. The van der Waals surface area contributed by atoms with Gasteiger partial charge in [0, 0.05) is 6.54 Å². The van der Waals surface area contributed by atoms with Crippen LogP contribution in [0.2, 0.25) is 0 Å². The second-order valence-electron chi connectivity index (χ2n) is 5.10. The Hall–Kier alpha value is -0.890. The zero-order valence-corrected chi connectivity index (χ0v) is 10.4. The number of alkyl halides is 1. The molecule has 1 aliphatic carbocycles. The fraction of sp³-hybridized carbons (Fsp3) is 0.600. The maximum absolute atomic E-state index is 14.5. The third-order valence-electron chi connectivity index (χ3n) is 3.82. The highest BCUT2D eigenvalue weighted by Crippen LogP contribution is 2.36. The topological polar surface area (TPSA) is 26.0 Å². The smallest absolute Gasteiger partial charge is 0.128 e. The van der Waals surface area contributed by atoms with Crippen LogP contribution in [0.4, 0.5) is 4.39 Å². The van der Waals surface area contributed by atoms with E-state index in [-0.39, 0.29) is 5.92 Å². The lowest BCUT2D eigenvalue weighted by Crippen LogP contribution is -2.09. The molecule has 1 aromatic carbocycles. The Bertz CT molecular complexity index is 343. The summed E-state index contributed by atoms with van der Waals surface area (Å²) >= 11 is 0. The third kappa shape index (κ3) is 3.29. The molecule has 0 spiro atoms. The fourth-order valence-corrected chi connectivity index (χ4v) is 2.77. The van der Waals surface area contributed by atoms with E-state index in [1.807, 2.05) is 24.3 Å². The average molecular weight is 235 g/mol. The van der Waals surface area contributed by atoms with Gasteiger partial charge in [-0.1, -0.05) is 49.9 Å². The van der Waals surface area contributed by atoms with E-state index >= 15 is 0 Å². The van der Waals surface area contributed by atoms with Crippen molar-refractivity contribution in [3.63, 3.8) is 0 Å². The second-order valence-corrected chi connectivity index (χ2v) is 5.10. The summed E-state index contributed by atoms with van der Waals surface area (Å²) in [5.41, 5.74) is 7.45. The summed E-state index contributed by atoms with van der Waals surface area (Å²) in [6, 6.07) is 7.70. The third-order valence-corrected chi connectivity index (χ3v) is 3.82. The molecule has 2 heteroatoms. The van der Waals surface area contributed by atoms with Gasteiger partial charge in [-0.25, -0.2) is 4.39 Å². The zero-order chi connectivity index (χ0) is 12.1. The molecule has 0 bridgehead atoms. The van der Waals surface area contributed by atoms with E-state index in [0.29, 0.717) is 6.54 Å². The molecule has 2 rings (SSSR count). The molecule has 0 radical (unpaired) electrons. The van der Waals surface area contributed by atoms with E-state index < -0.39 is 6.17 Å². The molecule has 1 atom stereocenters. The van der Waals surface area contributed by atoms with E-state index in [2.05, 4.69) is 0 Å². The Kier molecular flexibility index (Phi) is 4.55. The fourth-order valence-electron chi connectivity index (χ4n) is 2.77. The van der Waals surface area contributed by atoms with Crippen LogP contribution in [0.3, 0.4) is 0 Å². The van der Waals surface area contributed by atoms with Crippen LogP contribution in [0.15, 0.2) is 24.3 Å². The number of nitrogens with two attached hydrogens (primary N) is 1. The highest BCUT2D eigenvalue weighted by Gasteiger charge is 2.23. The van der Waals surface area contributed by atoms with Gasteiger partial charge < -0.3 is 5.73 Å². The van der Waals surface area contributed by atoms with Gasteiger partial charge in [0.15, 0.2) is 0 Å². The van der Waals surface area contributed by atoms with Crippen LogP contribution < -0.4 is 5.73 Å². The minimum Gasteiger partial charge on any atom is -0.326 e. The molecular formula is C15H22FN. The Morgan fingerprint density at radius 2 is 1.88 bits per heavy atom. The molecule has 1 unspecified atom stereocenters. The number of hydrogen-bond donors (Lipinski definition) is 1. The maximum Gasteiger partial charge on any atom is 0.128 e. The van der Waals surface area contributed by atoms with Crippen molar-refractivity contribution >= 4 is 0 Å². The molecule has 0 saturated heterocycles. The minimum atomic E-state index is -0.806. The number of benzene rings is 1. The molecule has 94 valence electrons. The van der Waals surface area contributed by atoms with Crippen LogP contribution in [-0.2, 0) is 6.54 Å². The van der Waals surface area contributed by atoms with Crippen molar-refractivity contribution in [1.29, 1.82) is 0 Å². The first kappa shape index (κ1) is 12.6. The molecular weight excluding hydrogens is 213 g/mol. The van der Waals surface area contributed by atoms with E-state index in [9.17, 15) is 4.39 Å². The van der Waals surface area contributed by atoms with Crippen molar-refractivity contribution < 1.29 is 4.39 Å². The Balaban J connectivity index is 2.08. The molecule has 0 aromatic heterocycles. The quantitative estimate of drug-likeness (QED) is 0.783. The number of halogens is 1. The SMILES string of the molecule is NCc1cccc(C(F)C2CCCCCC2)c1. The highest BCUT2D eigenvalue weighted by molar-refractivity contribution is 5.25. The molecule has 0 aliphatic heterocycles. The largest absolute Gasteiger partial charge is 0.326 e. The predicted molar refractivity (Wildman–Crippen MR) is 69.4 cm³/mol. The summed E-state index contributed by atoms with van der Waals surface area (Å²) in [6.07, 6.45) is 6.17. The van der Waals surface area contributed by atoms with Gasteiger partial charge in [0.2, 0.25) is 0 Å². The Morgan fingerprint density at radius 3 is 2.53 bits per heavy atom. The van der Waals surface area contributed by atoms with Gasteiger partial charge in [0.05, 0.1) is 0 Å². The molecule has 1 aliphatic rings. The van der Waals surface area contributed by atoms with E-state index in [0.717, 1.165) is 24.0 Å². The molecule has 1 nitrogen and oxygen atoms in total. The van der Waals surface area contributed by atoms with Crippen LogP contribution in [0, 0.1) is 5.92 Å². The molecule has 0 amide bonds. The molecule has 17 heavy (non-hydrogen) atoms. The van der Waals surface area contributed by atoms with Crippen molar-refractivity contribution in [2.75, 3.05) is 0 Å². The minimum absolute atomic E-state index is 0.213. The van der Waals surface area contributed by atoms with Crippen molar-refractivity contribution in [2.24, 2.45) is 11.7 Å². The monoisotopic (exact) mass is 235 g/mol. The Morgan fingerprint density at radius 1 is 1.18 bits per heavy atom. The van der Waals surface area contributed by atoms with Crippen LogP contribution >= 0.6 is 0 Å². The first-order chi connectivity index (χ1) is 8.31. The van der Waals surface area contributed by atoms with Gasteiger partial charge in [0.25, 0.3) is 0 Å². The Labute approximate surface area is 103 Å². The lowest BCUT2D eigenvalue weighted by molar-refractivity contribution is 0.211. The number of hydrogen-bond acceptors (Lipinski definition) is 1. The summed E-state index contributed by atoms with van der Waals surface area (Å²) < 4.78 is 14.5. The maximum atomic E-state index is 14.5. The lowest BCUT2D eigenvalue weighted by atomic mass is 9.90. The van der Waals surface area contributed by atoms with E-state index in [4.69, 9.17) is 5.73 Å². The van der Waals surface area contributed by atoms with Crippen molar-refractivity contribution in [2.45, 2.75) is 51.2 Å². The van der Waals surface area contributed by atoms with Gasteiger partial charge >= 0.3 is 0 Å². The first-order valence-corrected chi connectivity index (χ1v) is 6.74. The van der Waals surface area contributed by atoms with E-state index in [1.165, 1.54) is 25.7 Å². The standard InChI is InChI=1S/C15H22FN/c16-15(13-7-3-1-2-4-8-13)14-9-5-6-12(10-14)11-17/h5-6,9-10,13,15H,1-4,7-8,11,17H2. The van der Waals surface area contributed by atoms with Crippen LogP contribution in [0.25, 0.3) is 0 Å². The zero-order valence-electron chi connectivity index (χ0n) is 10.4. The molecule has 0 heterocycles. The van der Waals surface area contributed by atoms with Gasteiger partial charge in [-0.05, 0) is 29.9 Å². The first-order valence-electron chi connectivity index (χ1n) is 6.74. The summed E-state index contributed by atoms with van der Waals surface area (Å²) in [4.78, 5) is 0. The summed E-state index contributed by atoms with van der Waals surface area (Å²) in [7, 11) is 0. The van der Waals surface area contributed by atoms with Gasteiger partial charge in [-0.3, -0.25) is 0 Å².